The lowest BCUT2D eigenvalue weighted by Gasteiger charge is -2.05. The third-order valence-electron chi connectivity index (χ3n) is 3.23. The molecular formula is C16H15NO7. The summed E-state index contributed by atoms with van der Waals surface area (Å²) in [6, 6.07) is 8.35. The number of hydrogen-bond donors (Lipinski definition) is 1. The van der Waals surface area contributed by atoms with Gasteiger partial charge in [-0.3, -0.25) is 9.59 Å². The number of nitrogens with one attached hydrogen (secondary N) is 1. The number of fused-ring (bicyclic) bond motifs is 1. The molecule has 2 aromatic rings. The zero-order chi connectivity index (χ0) is 16.9. The van der Waals surface area contributed by atoms with E-state index in [0.29, 0.717) is 23.0 Å². The van der Waals surface area contributed by atoms with E-state index in [1.54, 1.807) is 24.3 Å². The minimum atomic E-state index is -0.540. The van der Waals surface area contributed by atoms with Crippen LogP contribution in [0.1, 0.15) is 16.3 Å². The molecule has 2 heterocycles. The Bertz CT molecular complexity index is 753. The van der Waals surface area contributed by atoms with Gasteiger partial charge < -0.3 is 28.7 Å². The van der Waals surface area contributed by atoms with Crippen molar-refractivity contribution < 1.29 is 33.0 Å². The standard InChI is InChI=1S/C16H15NO7/c1-20-15(18)7-17-16(19)13-5-3-11(24-13)8-21-10-2-4-12-14(6-10)23-9-22-12/h2-6H,7-9H2,1H3,(H,17,19). The van der Waals surface area contributed by atoms with Crippen molar-refractivity contribution in [2.24, 2.45) is 0 Å². The zero-order valence-electron chi connectivity index (χ0n) is 12.9. The Morgan fingerprint density at radius 2 is 2.00 bits per heavy atom. The minimum Gasteiger partial charge on any atom is -0.486 e. The van der Waals surface area contributed by atoms with Crippen LogP contribution in [-0.2, 0) is 16.1 Å². The van der Waals surface area contributed by atoms with Gasteiger partial charge in [-0.05, 0) is 24.3 Å². The summed E-state index contributed by atoms with van der Waals surface area (Å²) in [5.41, 5.74) is 0. The van der Waals surface area contributed by atoms with Gasteiger partial charge in [-0.15, -0.1) is 0 Å². The number of ether oxygens (including phenoxy) is 4. The summed E-state index contributed by atoms with van der Waals surface area (Å²) in [5.74, 6) is 1.39. The predicted molar refractivity (Wildman–Crippen MR) is 80.0 cm³/mol. The second-order valence-corrected chi connectivity index (χ2v) is 4.83. The molecular weight excluding hydrogens is 318 g/mol. The number of furan rings is 1. The van der Waals surface area contributed by atoms with Crippen LogP contribution in [0, 0.1) is 0 Å². The lowest BCUT2D eigenvalue weighted by atomic mass is 10.3. The lowest BCUT2D eigenvalue weighted by molar-refractivity contribution is -0.139. The summed E-state index contributed by atoms with van der Waals surface area (Å²) in [5, 5.41) is 2.39. The van der Waals surface area contributed by atoms with E-state index in [1.165, 1.54) is 13.2 Å². The maximum atomic E-state index is 11.8. The first kappa shape index (κ1) is 15.7. The van der Waals surface area contributed by atoms with Crippen LogP contribution in [0.3, 0.4) is 0 Å². The molecule has 1 aliphatic rings. The molecule has 0 atom stereocenters. The Balaban J connectivity index is 1.54. The smallest absolute Gasteiger partial charge is 0.325 e. The molecule has 1 aromatic carbocycles. The first-order chi connectivity index (χ1) is 11.7. The van der Waals surface area contributed by atoms with E-state index in [4.69, 9.17) is 18.6 Å². The Morgan fingerprint density at radius 1 is 1.17 bits per heavy atom. The second kappa shape index (κ2) is 6.95. The quantitative estimate of drug-likeness (QED) is 0.800. The fourth-order valence-corrected chi connectivity index (χ4v) is 2.01. The van der Waals surface area contributed by atoms with Gasteiger partial charge in [0.25, 0.3) is 5.91 Å². The maximum Gasteiger partial charge on any atom is 0.325 e. The lowest BCUT2D eigenvalue weighted by Crippen LogP contribution is -2.29. The Labute approximate surface area is 137 Å². The van der Waals surface area contributed by atoms with E-state index >= 15 is 0 Å². The van der Waals surface area contributed by atoms with Crippen LogP contribution in [-0.4, -0.2) is 32.3 Å². The molecule has 0 bridgehead atoms. The van der Waals surface area contributed by atoms with E-state index in [0.717, 1.165) is 0 Å². The highest BCUT2D eigenvalue weighted by Gasteiger charge is 2.15. The number of carbonyl (C=O) groups is 2. The molecule has 0 spiro atoms. The van der Waals surface area contributed by atoms with Crippen LogP contribution < -0.4 is 19.5 Å². The minimum absolute atomic E-state index is 0.0863. The van der Waals surface area contributed by atoms with Gasteiger partial charge in [0.2, 0.25) is 6.79 Å². The zero-order valence-corrected chi connectivity index (χ0v) is 12.9. The number of benzene rings is 1. The summed E-state index contributed by atoms with van der Waals surface area (Å²) in [6.45, 7) is 0.115. The van der Waals surface area contributed by atoms with E-state index in [1.807, 2.05) is 0 Å². The van der Waals surface area contributed by atoms with Crippen LogP contribution in [0.4, 0.5) is 0 Å². The molecule has 1 N–H and O–H groups in total. The average Bonchev–Trinajstić information content (AvgIpc) is 3.25. The summed E-state index contributed by atoms with van der Waals surface area (Å²) in [6.07, 6.45) is 0. The molecule has 126 valence electrons. The number of methoxy groups -OCH3 is 1. The first-order valence-corrected chi connectivity index (χ1v) is 7.12. The SMILES string of the molecule is COC(=O)CNC(=O)c1ccc(COc2ccc3c(c2)OCO3)o1. The molecule has 0 fully saturated rings. The van der Waals surface area contributed by atoms with E-state index in [2.05, 4.69) is 10.1 Å². The van der Waals surface area contributed by atoms with Crippen LogP contribution in [0.2, 0.25) is 0 Å². The molecule has 1 aromatic heterocycles. The van der Waals surface area contributed by atoms with Crippen LogP contribution >= 0.6 is 0 Å². The number of hydrogen-bond acceptors (Lipinski definition) is 7. The van der Waals surface area contributed by atoms with Gasteiger partial charge in [0.15, 0.2) is 17.3 Å². The van der Waals surface area contributed by atoms with E-state index in [-0.39, 0.29) is 25.7 Å². The average molecular weight is 333 g/mol. The normalized spacial score (nSPS) is 11.9. The number of amides is 1. The van der Waals surface area contributed by atoms with Gasteiger partial charge in [-0.2, -0.15) is 0 Å². The number of rotatable bonds is 6. The van der Waals surface area contributed by atoms with Gasteiger partial charge in [-0.1, -0.05) is 0 Å². The molecule has 0 radical (unpaired) electrons. The van der Waals surface area contributed by atoms with Crippen molar-refractivity contribution in [2.45, 2.75) is 6.61 Å². The summed E-state index contributed by atoms with van der Waals surface area (Å²) in [7, 11) is 1.24. The monoisotopic (exact) mass is 333 g/mol. The summed E-state index contributed by atoms with van der Waals surface area (Å²) in [4.78, 5) is 22.8. The number of carbonyl (C=O) groups excluding carboxylic acids is 2. The van der Waals surface area contributed by atoms with Crippen molar-refractivity contribution in [3.8, 4) is 17.2 Å². The Morgan fingerprint density at radius 3 is 2.83 bits per heavy atom. The largest absolute Gasteiger partial charge is 0.486 e. The van der Waals surface area contributed by atoms with E-state index in [9.17, 15) is 9.59 Å². The van der Waals surface area contributed by atoms with E-state index < -0.39 is 11.9 Å². The molecule has 0 saturated carbocycles. The van der Waals surface area contributed by atoms with Crippen molar-refractivity contribution in [2.75, 3.05) is 20.4 Å². The fraction of sp³-hybridized carbons (Fsp3) is 0.250. The van der Waals surface area contributed by atoms with Crippen molar-refractivity contribution in [3.05, 3.63) is 41.9 Å². The first-order valence-electron chi connectivity index (χ1n) is 7.12. The van der Waals surface area contributed by atoms with Gasteiger partial charge in [0.05, 0.1) is 7.11 Å². The molecule has 0 saturated heterocycles. The van der Waals surface area contributed by atoms with Crippen molar-refractivity contribution >= 4 is 11.9 Å². The highest BCUT2D eigenvalue weighted by Crippen LogP contribution is 2.35. The van der Waals surface area contributed by atoms with Crippen LogP contribution in [0.25, 0.3) is 0 Å². The third kappa shape index (κ3) is 3.60. The van der Waals surface area contributed by atoms with Gasteiger partial charge in [0.1, 0.15) is 24.7 Å². The highest BCUT2D eigenvalue weighted by molar-refractivity contribution is 5.93. The molecule has 24 heavy (non-hydrogen) atoms. The van der Waals surface area contributed by atoms with Crippen molar-refractivity contribution in [3.63, 3.8) is 0 Å². The van der Waals surface area contributed by atoms with Crippen LogP contribution in [0.15, 0.2) is 34.7 Å². The summed E-state index contributed by atoms with van der Waals surface area (Å²) < 4.78 is 25.9. The molecule has 8 nitrogen and oxygen atoms in total. The van der Waals surface area contributed by atoms with Crippen molar-refractivity contribution in [1.29, 1.82) is 0 Å². The molecule has 0 aliphatic carbocycles. The third-order valence-corrected chi connectivity index (χ3v) is 3.23. The maximum absolute atomic E-state index is 11.8. The Kier molecular flexibility index (Phi) is 4.55. The van der Waals surface area contributed by atoms with Gasteiger partial charge >= 0.3 is 5.97 Å². The molecule has 1 aliphatic heterocycles. The van der Waals surface area contributed by atoms with Gasteiger partial charge in [0, 0.05) is 6.07 Å². The topological polar surface area (TPSA) is 96.2 Å². The predicted octanol–water partition coefficient (Wildman–Crippen LogP) is 1.49. The van der Waals surface area contributed by atoms with Gasteiger partial charge in [-0.25, -0.2) is 0 Å². The summed E-state index contributed by atoms with van der Waals surface area (Å²) >= 11 is 0. The molecule has 1 amide bonds. The fourth-order valence-electron chi connectivity index (χ4n) is 2.01. The highest BCUT2D eigenvalue weighted by atomic mass is 16.7. The van der Waals surface area contributed by atoms with Crippen LogP contribution in [0.5, 0.6) is 17.2 Å². The molecule has 3 rings (SSSR count). The second-order valence-electron chi connectivity index (χ2n) is 4.83. The Hall–Kier alpha value is -3.16. The molecule has 8 heteroatoms. The van der Waals surface area contributed by atoms with Crippen molar-refractivity contribution in [1.82, 2.24) is 5.32 Å². The number of esters is 1. The molecule has 0 unspecified atom stereocenters.